The highest BCUT2D eigenvalue weighted by atomic mass is 19.3. The Bertz CT molecular complexity index is 915. The van der Waals surface area contributed by atoms with Crippen molar-refractivity contribution in [2.24, 2.45) is 0 Å². The second-order valence-corrected chi connectivity index (χ2v) is 6.90. The van der Waals surface area contributed by atoms with Gasteiger partial charge in [-0.1, -0.05) is 0 Å². The van der Waals surface area contributed by atoms with Crippen molar-refractivity contribution in [1.82, 2.24) is 4.90 Å². The fourth-order valence-electron chi connectivity index (χ4n) is 4.21. The molecule has 3 aliphatic rings. The van der Waals surface area contributed by atoms with E-state index in [4.69, 9.17) is 4.74 Å². The zero-order valence-corrected chi connectivity index (χ0v) is 14.1. The van der Waals surface area contributed by atoms with Crippen LogP contribution in [0, 0.1) is 0 Å². The summed E-state index contributed by atoms with van der Waals surface area (Å²) in [4.78, 5) is 2.30. The molecule has 0 spiro atoms. The first kappa shape index (κ1) is 15.7. The molecule has 0 bridgehead atoms. The summed E-state index contributed by atoms with van der Waals surface area (Å²) in [7, 11) is 1.53. The maximum Gasteiger partial charge on any atom is 0.586 e. The molecule has 0 fully saturated rings. The van der Waals surface area contributed by atoms with Crippen molar-refractivity contribution in [3.05, 3.63) is 46.5 Å². The fourth-order valence-corrected chi connectivity index (χ4v) is 4.21. The number of hydrogen-bond donors (Lipinski definition) is 1. The van der Waals surface area contributed by atoms with Crippen molar-refractivity contribution in [1.29, 1.82) is 0 Å². The summed E-state index contributed by atoms with van der Waals surface area (Å²) in [5.41, 5.74) is 4.15. The van der Waals surface area contributed by atoms with Gasteiger partial charge in [0.05, 0.1) is 7.11 Å². The van der Waals surface area contributed by atoms with Crippen LogP contribution in [-0.2, 0) is 19.4 Å². The van der Waals surface area contributed by atoms with Crippen LogP contribution in [0.1, 0.15) is 28.3 Å². The van der Waals surface area contributed by atoms with Gasteiger partial charge in [-0.3, -0.25) is 4.90 Å². The minimum atomic E-state index is -3.60. The van der Waals surface area contributed by atoms with E-state index in [1.165, 1.54) is 7.11 Å². The maximum absolute atomic E-state index is 13.3. The van der Waals surface area contributed by atoms with E-state index in [1.807, 2.05) is 6.07 Å². The van der Waals surface area contributed by atoms with Crippen molar-refractivity contribution in [2.75, 3.05) is 13.7 Å². The van der Waals surface area contributed by atoms with Crippen LogP contribution >= 0.6 is 0 Å². The van der Waals surface area contributed by atoms with Gasteiger partial charge in [-0.05, 0) is 59.4 Å². The number of aromatic hydroxyl groups is 1. The van der Waals surface area contributed by atoms with Gasteiger partial charge in [0.1, 0.15) is 0 Å². The van der Waals surface area contributed by atoms with Gasteiger partial charge in [-0.2, -0.15) is 0 Å². The Morgan fingerprint density at radius 1 is 1.12 bits per heavy atom. The summed E-state index contributed by atoms with van der Waals surface area (Å²) < 4.78 is 41.0. The molecule has 3 aliphatic heterocycles. The normalized spacial score (nSPS) is 22.3. The Labute approximate surface area is 148 Å². The van der Waals surface area contributed by atoms with Crippen LogP contribution in [0.4, 0.5) is 8.78 Å². The zero-order valence-electron chi connectivity index (χ0n) is 14.1. The Morgan fingerprint density at radius 3 is 2.58 bits per heavy atom. The summed E-state index contributed by atoms with van der Waals surface area (Å²) in [5.74, 6) is 0.756. The number of hydrogen-bond acceptors (Lipinski definition) is 5. The van der Waals surface area contributed by atoms with Gasteiger partial charge in [0.25, 0.3) is 0 Å². The smallest absolute Gasteiger partial charge is 0.504 e. The molecule has 0 aromatic heterocycles. The van der Waals surface area contributed by atoms with Gasteiger partial charge in [0, 0.05) is 19.1 Å². The number of alkyl halides is 2. The minimum Gasteiger partial charge on any atom is -0.504 e. The molecule has 2 aromatic rings. The number of rotatable bonds is 1. The van der Waals surface area contributed by atoms with E-state index in [1.54, 1.807) is 18.2 Å². The molecule has 0 aliphatic carbocycles. The zero-order chi connectivity index (χ0) is 18.1. The molecule has 7 heteroatoms. The van der Waals surface area contributed by atoms with E-state index in [9.17, 15) is 13.9 Å². The lowest BCUT2D eigenvalue weighted by atomic mass is 9.83. The van der Waals surface area contributed by atoms with Crippen molar-refractivity contribution in [2.45, 2.75) is 31.7 Å². The third-order valence-corrected chi connectivity index (χ3v) is 5.42. The van der Waals surface area contributed by atoms with Crippen LogP contribution in [0.15, 0.2) is 24.3 Å². The molecule has 5 rings (SSSR count). The standard InChI is InChI=1S/C19H17F2NO4/c1-24-16-5-10-2-3-22-9-12-7-18-17(25-19(20,21)26-18)6-11(12)4-14(22)13(10)8-15(16)23/h5-8,14,23H,2-4,9H2,1H3. The Morgan fingerprint density at radius 2 is 1.85 bits per heavy atom. The molecule has 0 saturated heterocycles. The van der Waals surface area contributed by atoms with Gasteiger partial charge in [-0.15, -0.1) is 8.78 Å². The average molecular weight is 361 g/mol. The van der Waals surface area contributed by atoms with Crippen LogP contribution < -0.4 is 14.2 Å². The van der Waals surface area contributed by atoms with Gasteiger partial charge < -0.3 is 19.3 Å². The van der Waals surface area contributed by atoms with Crippen molar-refractivity contribution in [3.8, 4) is 23.0 Å². The highest BCUT2D eigenvalue weighted by molar-refractivity contribution is 5.53. The van der Waals surface area contributed by atoms with E-state index in [-0.39, 0.29) is 23.3 Å². The molecule has 5 nitrogen and oxygen atoms in total. The number of fused-ring (bicyclic) bond motifs is 5. The first-order valence-electron chi connectivity index (χ1n) is 8.49. The van der Waals surface area contributed by atoms with Crippen molar-refractivity contribution >= 4 is 0 Å². The molecular weight excluding hydrogens is 344 g/mol. The van der Waals surface area contributed by atoms with Crippen LogP contribution in [0.5, 0.6) is 23.0 Å². The van der Waals surface area contributed by atoms with Crippen molar-refractivity contribution < 1.29 is 28.1 Å². The lowest BCUT2D eigenvalue weighted by molar-refractivity contribution is -0.286. The molecule has 1 atom stereocenters. The molecule has 26 heavy (non-hydrogen) atoms. The molecule has 3 heterocycles. The monoisotopic (exact) mass is 361 g/mol. The number of halogens is 2. The molecule has 0 amide bonds. The van der Waals surface area contributed by atoms with Crippen LogP contribution in [-0.4, -0.2) is 30.0 Å². The van der Waals surface area contributed by atoms with Crippen molar-refractivity contribution in [3.63, 3.8) is 0 Å². The Hall–Kier alpha value is -2.54. The van der Waals surface area contributed by atoms with E-state index in [2.05, 4.69) is 14.4 Å². The summed E-state index contributed by atoms with van der Waals surface area (Å²) in [6, 6.07) is 7.04. The largest absolute Gasteiger partial charge is 0.586 e. The predicted molar refractivity (Wildman–Crippen MR) is 87.9 cm³/mol. The number of ether oxygens (including phenoxy) is 3. The molecule has 0 saturated carbocycles. The topological polar surface area (TPSA) is 51.2 Å². The fraction of sp³-hybridized carbons (Fsp3) is 0.368. The summed E-state index contributed by atoms with van der Waals surface area (Å²) in [5, 5.41) is 10.2. The molecule has 2 aromatic carbocycles. The van der Waals surface area contributed by atoms with E-state index < -0.39 is 6.29 Å². The van der Waals surface area contributed by atoms with Gasteiger partial charge >= 0.3 is 6.29 Å². The van der Waals surface area contributed by atoms with E-state index in [0.29, 0.717) is 18.7 Å². The third kappa shape index (κ3) is 2.30. The second-order valence-electron chi connectivity index (χ2n) is 6.90. The number of methoxy groups -OCH3 is 1. The quantitative estimate of drug-likeness (QED) is 0.844. The van der Waals surface area contributed by atoms with Crippen LogP contribution in [0.3, 0.4) is 0 Å². The Balaban J connectivity index is 1.53. The first-order valence-corrected chi connectivity index (χ1v) is 8.49. The van der Waals surface area contributed by atoms with E-state index in [0.717, 1.165) is 35.2 Å². The Kier molecular flexibility index (Phi) is 3.16. The minimum absolute atomic E-state index is 0.0795. The highest BCUT2D eigenvalue weighted by Crippen LogP contribution is 2.47. The lowest BCUT2D eigenvalue weighted by Crippen LogP contribution is -2.39. The lowest BCUT2D eigenvalue weighted by Gasteiger charge is -2.41. The molecule has 136 valence electrons. The third-order valence-electron chi connectivity index (χ3n) is 5.42. The molecular formula is C19H17F2NO4. The van der Waals surface area contributed by atoms with Crippen LogP contribution in [0.25, 0.3) is 0 Å². The summed E-state index contributed by atoms with van der Waals surface area (Å²) in [6.45, 7) is 1.50. The first-order chi connectivity index (χ1) is 12.4. The predicted octanol–water partition coefficient (Wildman–Crippen LogP) is 3.38. The molecule has 1 N–H and O–H groups in total. The number of nitrogens with zero attached hydrogens (tertiary/aromatic N) is 1. The SMILES string of the molecule is COc1cc2c(cc1O)C1Cc3cc4c(cc3CN1CC2)OC(F)(F)O4. The molecule has 1 unspecified atom stereocenters. The number of phenolic OH excluding ortho intramolecular Hbond substituents is 1. The average Bonchev–Trinajstić information content (AvgIpc) is 2.90. The number of phenols is 1. The van der Waals surface area contributed by atoms with Gasteiger partial charge in [0.15, 0.2) is 23.0 Å². The maximum atomic E-state index is 13.3. The summed E-state index contributed by atoms with van der Waals surface area (Å²) in [6.07, 6.45) is -2.09. The highest BCUT2D eigenvalue weighted by Gasteiger charge is 2.44. The summed E-state index contributed by atoms with van der Waals surface area (Å²) >= 11 is 0. The van der Waals surface area contributed by atoms with Crippen LogP contribution in [0.2, 0.25) is 0 Å². The van der Waals surface area contributed by atoms with E-state index >= 15 is 0 Å². The number of benzene rings is 2. The van der Waals surface area contributed by atoms with Gasteiger partial charge in [-0.25, -0.2) is 0 Å². The second kappa shape index (κ2) is 5.23. The van der Waals surface area contributed by atoms with Gasteiger partial charge in [0.2, 0.25) is 0 Å². The molecule has 0 radical (unpaired) electrons.